The number of alkyl carbamates (subject to hydrolysis) is 1. The lowest BCUT2D eigenvalue weighted by Gasteiger charge is -2.32. The second kappa shape index (κ2) is 12.1. The van der Waals surface area contributed by atoms with Crippen LogP contribution in [0.25, 0.3) is 0 Å². The summed E-state index contributed by atoms with van der Waals surface area (Å²) in [5.41, 5.74) is 6.00. The number of nitrogens with two attached hydrogens (primary N) is 1. The maximum Gasteiger partial charge on any atom is 0.407 e. The highest BCUT2D eigenvalue weighted by Crippen LogP contribution is 2.24. The Kier molecular flexibility index (Phi) is 9.55. The number of nitrogens with one attached hydrogen (secondary N) is 3. The van der Waals surface area contributed by atoms with Gasteiger partial charge in [-0.3, -0.25) is 9.79 Å². The molecule has 0 aliphatic carbocycles. The number of primary amides is 1. The Hall–Kier alpha value is -3.04. The third kappa shape index (κ3) is 8.60. The number of ether oxygens (including phenoxy) is 1. The van der Waals surface area contributed by atoms with Gasteiger partial charge in [0.15, 0.2) is 5.96 Å². The van der Waals surface area contributed by atoms with Crippen LogP contribution in [0.15, 0.2) is 23.3 Å². The minimum Gasteiger partial charge on any atom is -0.444 e. The molecule has 10 nitrogen and oxygen atoms in total. The maximum absolute atomic E-state index is 11.7. The SMILES string of the molecule is CN=C(NCCCNC(=O)OC(C)(C)C)NCc1cccnc1N1CCC(C(N)=O)CC1. The van der Waals surface area contributed by atoms with Gasteiger partial charge in [-0.05, 0) is 46.1 Å². The minimum atomic E-state index is -0.503. The lowest BCUT2D eigenvalue weighted by atomic mass is 9.96. The van der Waals surface area contributed by atoms with Crippen molar-refractivity contribution in [3.05, 3.63) is 23.9 Å². The highest BCUT2D eigenvalue weighted by Gasteiger charge is 2.25. The number of guanidine groups is 1. The van der Waals surface area contributed by atoms with E-state index in [-0.39, 0.29) is 11.8 Å². The van der Waals surface area contributed by atoms with Crippen molar-refractivity contribution in [1.29, 1.82) is 0 Å². The number of nitrogens with zero attached hydrogens (tertiary/aromatic N) is 3. The van der Waals surface area contributed by atoms with E-state index >= 15 is 0 Å². The van der Waals surface area contributed by atoms with Gasteiger partial charge < -0.3 is 31.3 Å². The molecule has 0 bridgehead atoms. The number of amides is 2. The summed E-state index contributed by atoms with van der Waals surface area (Å²) in [4.78, 5) is 34.1. The van der Waals surface area contributed by atoms with Crippen LogP contribution in [0, 0.1) is 5.92 Å². The van der Waals surface area contributed by atoms with Crippen LogP contribution < -0.4 is 26.6 Å². The van der Waals surface area contributed by atoms with Crippen molar-refractivity contribution in [2.24, 2.45) is 16.6 Å². The molecule has 0 unspecified atom stereocenters. The van der Waals surface area contributed by atoms with E-state index in [1.165, 1.54) is 0 Å². The van der Waals surface area contributed by atoms with Crippen LogP contribution in [0.4, 0.5) is 10.6 Å². The van der Waals surface area contributed by atoms with Gasteiger partial charge in [0.05, 0.1) is 0 Å². The molecule has 0 saturated carbocycles. The number of hydrogen-bond donors (Lipinski definition) is 4. The van der Waals surface area contributed by atoms with Crippen LogP contribution in [0.5, 0.6) is 0 Å². The second-order valence-corrected chi connectivity index (χ2v) is 8.78. The molecule has 1 aromatic heterocycles. The number of carbonyl (C=O) groups is 2. The summed E-state index contributed by atoms with van der Waals surface area (Å²) in [6.45, 7) is 8.74. The quantitative estimate of drug-likeness (QED) is 0.269. The molecule has 1 aromatic rings. The predicted octanol–water partition coefficient (Wildman–Crippen LogP) is 1.36. The van der Waals surface area contributed by atoms with E-state index in [9.17, 15) is 9.59 Å². The fourth-order valence-electron chi connectivity index (χ4n) is 3.43. The minimum absolute atomic E-state index is 0.0515. The van der Waals surface area contributed by atoms with Gasteiger partial charge >= 0.3 is 6.09 Å². The molecular weight excluding hydrogens is 410 g/mol. The first kappa shape index (κ1) is 25.2. The first-order chi connectivity index (χ1) is 15.2. The summed E-state index contributed by atoms with van der Waals surface area (Å²) in [7, 11) is 1.72. The normalized spacial score (nSPS) is 15.2. The molecule has 2 rings (SSSR count). The Balaban J connectivity index is 1.77. The first-order valence-corrected chi connectivity index (χ1v) is 11.1. The zero-order chi connectivity index (χ0) is 23.6. The van der Waals surface area contributed by atoms with E-state index in [0.29, 0.717) is 25.6 Å². The van der Waals surface area contributed by atoms with Gasteiger partial charge in [-0.15, -0.1) is 0 Å². The predicted molar refractivity (Wildman–Crippen MR) is 125 cm³/mol. The van der Waals surface area contributed by atoms with E-state index in [1.54, 1.807) is 13.2 Å². The van der Waals surface area contributed by atoms with Crippen molar-refractivity contribution in [1.82, 2.24) is 20.9 Å². The van der Waals surface area contributed by atoms with E-state index in [4.69, 9.17) is 10.5 Å². The Morgan fingerprint density at radius 2 is 1.91 bits per heavy atom. The Labute approximate surface area is 190 Å². The van der Waals surface area contributed by atoms with E-state index in [2.05, 4.69) is 30.8 Å². The van der Waals surface area contributed by atoms with E-state index in [0.717, 1.165) is 43.7 Å². The first-order valence-electron chi connectivity index (χ1n) is 11.1. The molecule has 1 aliphatic heterocycles. The van der Waals surface area contributed by atoms with Crippen LogP contribution in [-0.2, 0) is 16.1 Å². The van der Waals surface area contributed by atoms with Gasteiger partial charge in [-0.1, -0.05) is 6.07 Å². The number of aliphatic imine (C=N–C) groups is 1. The Morgan fingerprint density at radius 1 is 1.22 bits per heavy atom. The number of rotatable bonds is 8. The van der Waals surface area contributed by atoms with Gasteiger partial charge in [0.2, 0.25) is 5.91 Å². The molecule has 0 aromatic carbocycles. The fraction of sp³-hybridized carbons (Fsp3) is 0.636. The maximum atomic E-state index is 11.7. The van der Waals surface area contributed by atoms with Gasteiger partial charge in [-0.2, -0.15) is 0 Å². The lowest BCUT2D eigenvalue weighted by Crippen LogP contribution is -2.41. The highest BCUT2D eigenvalue weighted by atomic mass is 16.6. The standard InChI is InChI=1S/C22H37N7O3/c1-22(2,3)32-21(31)27-12-6-11-26-20(24-4)28-15-17-7-5-10-25-19(17)29-13-8-16(9-14-29)18(23)30/h5,7,10,16H,6,8-9,11-15H2,1-4H3,(H2,23,30)(H,27,31)(H2,24,26,28). The topological polar surface area (TPSA) is 134 Å². The van der Waals surface area contributed by atoms with Crippen molar-refractivity contribution in [2.45, 2.75) is 52.2 Å². The molecule has 1 saturated heterocycles. The van der Waals surface area contributed by atoms with Gasteiger partial charge in [0.1, 0.15) is 11.4 Å². The number of aromatic nitrogens is 1. The zero-order valence-electron chi connectivity index (χ0n) is 19.6. The van der Waals surface area contributed by atoms with Gasteiger partial charge in [0.25, 0.3) is 0 Å². The summed E-state index contributed by atoms with van der Waals surface area (Å²) in [6.07, 6.45) is 3.60. The molecule has 10 heteroatoms. The number of anilines is 1. The second-order valence-electron chi connectivity index (χ2n) is 8.78. The van der Waals surface area contributed by atoms with Crippen molar-refractivity contribution < 1.29 is 14.3 Å². The molecule has 178 valence electrons. The molecule has 1 fully saturated rings. The van der Waals surface area contributed by atoms with Crippen molar-refractivity contribution in [2.75, 3.05) is 38.1 Å². The zero-order valence-corrected chi connectivity index (χ0v) is 19.6. The van der Waals surface area contributed by atoms with Crippen molar-refractivity contribution >= 4 is 23.8 Å². The summed E-state index contributed by atoms with van der Waals surface area (Å²) in [5, 5.41) is 9.29. The Bertz CT molecular complexity index is 784. The summed E-state index contributed by atoms with van der Waals surface area (Å²) >= 11 is 0. The van der Waals surface area contributed by atoms with Crippen LogP contribution in [0.3, 0.4) is 0 Å². The smallest absolute Gasteiger partial charge is 0.407 e. The number of piperidine rings is 1. The number of hydrogen-bond acceptors (Lipinski definition) is 6. The summed E-state index contributed by atoms with van der Waals surface area (Å²) in [6, 6.07) is 3.95. The highest BCUT2D eigenvalue weighted by molar-refractivity contribution is 5.79. The monoisotopic (exact) mass is 447 g/mol. The van der Waals surface area contributed by atoms with Gasteiger partial charge in [0, 0.05) is 57.4 Å². The van der Waals surface area contributed by atoms with Crippen LogP contribution in [-0.4, -0.2) is 61.8 Å². The summed E-state index contributed by atoms with van der Waals surface area (Å²) < 4.78 is 5.21. The van der Waals surface area contributed by atoms with Gasteiger partial charge in [-0.25, -0.2) is 9.78 Å². The third-order valence-electron chi connectivity index (χ3n) is 5.05. The average molecular weight is 448 g/mol. The molecule has 1 aliphatic rings. The lowest BCUT2D eigenvalue weighted by molar-refractivity contribution is -0.122. The molecule has 5 N–H and O–H groups in total. The molecule has 0 atom stereocenters. The van der Waals surface area contributed by atoms with Crippen molar-refractivity contribution in [3.8, 4) is 0 Å². The fourth-order valence-corrected chi connectivity index (χ4v) is 3.43. The number of carbonyl (C=O) groups excluding carboxylic acids is 2. The summed E-state index contributed by atoms with van der Waals surface area (Å²) in [5.74, 6) is 1.32. The Morgan fingerprint density at radius 3 is 2.53 bits per heavy atom. The van der Waals surface area contributed by atoms with E-state index in [1.807, 2.05) is 32.9 Å². The number of pyridine rings is 1. The molecular formula is C22H37N7O3. The molecule has 0 radical (unpaired) electrons. The van der Waals surface area contributed by atoms with Crippen LogP contribution >= 0.6 is 0 Å². The third-order valence-corrected chi connectivity index (χ3v) is 5.05. The molecule has 0 spiro atoms. The molecule has 2 amide bonds. The average Bonchev–Trinajstić information content (AvgIpc) is 2.74. The van der Waals surface area contributed by atoms with E-state index < -0.39 is 11.7 Å². The molecule has 2 heterocycles. The van der Waals surface area contributed by atoms with Crippen molar-refractivity contribution in [3.63, 3.8) is 0 Å². The largest absolute Gasteiger partial charge is 0.444 e. The van der Waals surface area contributed by atoms with Crippen LogP contribution in [0.1, 0.15) is 45.6 Å². The molecule has 32 heavy (non-hydrogen) atoms. The van der Waals surface area contributed by atoms with Crippen LogP contribution in [0.2, 0.25) is 0 Å².